The molecule has 0 saturated carbocycles. The van der Waals surface area contributed by atoms with Crippen LogP contribution in [0, 0.1) is 6.92 Å². The predicted octanol–water partition coefficient (Wildman–Crippen LogP) is 4.15. The number of hydrogen-bond acceptors (Lipinski definition) is 4. The number of amides is 2. The van der Waals surface area contributed by atoms with E-state index in [1.54, 1.807) is 48.5 Å². The van der Waals surface area contributed by atoms with Crippen molar-refractivity contribution in [3.05, 3.63) is 95.1 Å². The van der Waals surface area contributed by atoms with Gasteiger partial charge in [-0.2, -0.15) is 0 Å². The van der Waals surface area contributed by atoms with Crippen LogP contribution in [0.3, 0.4) is 0 Å². The number of carbonyl (C=O) groups excluding carboxylic acids is 3. The Balaban J connectivity index is 1.57. The monoisotopic (exact) mass is 416 g/mol. The first-order valence-corrected chi connectivity index (χ1v) is 9.89. The highest BCUT2D eigenvalue weighted by molar-refractivity contribution is 6.04. The van der Waals surface area contributed by atoms with Crippen LogP contribution in [0.1, 0.15) is 38.8 Å². The summed E-state index contributed by atoms with van der Waals surface area (Å²) in [6.45, 7) is 3.66. The molecule has 31 heavy (non-hydrogen) atoms. The zero-order chi connectivity index (χ0) is 22.2. The Morgan fingerprint density at radius 3 is 2.23 bits per heavy atom. The van der Waals surface area contributed by atoms with Gasteiger partial charge in [0, 0.05) is 12.1 Å². The van der Waals surface area contributed by atoms with Gasteiger partial charge < -0.3 is 15.4 Å². The number of benzene rings is 3. The molecule has 2 amide bonds. The maximum Gasteiger partial charge on any atom is 0.262 e. The Labute approximate surface area is 181 Å². The van der Waals surface area contributed by atoms with Crippen molar-refractivity contribution in [1.82, 2.24) is 5.32 Å². The number of anilines is 1. The zero-order valence-corrected chi connectivity index (χ0v) is 17.5. The van der Waals surface area contributed by atoms with Crippen LogP contribution in [0.25, 0.3) is 0 Å². The van der Waals surface area contributed by atoms with E-state index in [0.29, 0.717) is 29.1 Å². The maximum absolute atomic E-state index is 12.6. The topological polar surface area (TPSA) is 84.5 Å². The first-order valence-electron chi connectivity index (χ1n) is 9.89. The first kappa shape index (κ1) is 21.8. The summed E-state index contributed by atoms with van der Waals surface area (Å²) in [5.74, 6) is -0.238. The van der Waals surface area contributed by atoms with Crippen molar-refractivity contribution in [3.63, 3.8) is 0 Å². The molecule has 158 valence electrons. The van der Waals surface area contributed by atoms with Gasteiger partial charge in [-0.1, -0.05) is 42.0 Å². The van der Waals surface area contributed by atoms with E-state index in [4.69, 9.17) is 4.74 Å². The number of aryl methyl sites for hydroxylation is 1. The van der Waals surface area contributed by atoms with E-state index >= 15 is 0 Å². The summed E-state index contributed by atoms with van der Waals surface area (Å²) in [7, 11) is 0. The fourth-order valence-electron chi connectivity index (χ4n) is 2.89. The highest BCUT2D eigenvalue weighted by Gasteiger charge is 2.13. The SMILES string of the molecule is CC(=O)c1ccc(OCC(=O)Nc2ccccc2C(=O)NCc2ccc(C)cc2)cc1. The highest BCUT2D eigenvalue weighted by Crippen LogP contribution is 2.16. The first-order chi connectivity index (χ1) is 14.9. The Bertz CT molecular complexity index is 1070. The van der Waals surface area contributed by atoms with Gasteiger partial charge in [0.1, 0.15) is 5.75 Å². The molecule has 0 saturated heterocycles. The molecule has 0 bridgehead atoms. The predicted molar refractivity (Wildman–Crippen MR) is 119 cm³/mol. The zero-order valence-electron chi connectivity index (χ0n) is 17.5. The normalized spacial score (nSPS) is 10.3. The lowest BCUT2D eigenvalue weighted by molar-refractivity contribution is -0.118. The minimum absolute atomic E-state index is 0.0402. The van der Waals surface area contributed by atoms with Crippen LogP contribution in [-0.2, 0) is 11.3 Å². The van der Waals surface area contributed by atoms with Crippen molar-refractivity contribution >= 4 is 23.3 Å². The molecule has 3 aromatic carbocycles. The van der Waals surface area contributed by atoms with Crippen molar-refractivity contribution < 1.29 is 19.1 Å². The molecule has 0 aliphatic heterocycles. The Kier molecular flexibility index (Phi) is 7.17. The van der Waals surface area contributed by atoms with E-state index in [-0.39, 0.29) is 18.3 Å². The van der Waals surface area contributed by atoms with Crippen molar-refractivity contribution in [2.75, 3.05) is 11.9 Å². The molecule has 0 aliphatic rings. The number of para-hydroxylation sites is 1. The summed E-state index contributed by atoms with van der Waals surface area (Å²) in [6, 6.07) is 21.3. The van der Waals surface area contributed by atoms with Gasteiger partial charge in [0.15, 0.2) is 12.4 Å². The van der Waals surface area contributed by atoms with Gasteiger partial charge in [-0.3, -0.25) is 14.4 Å². The maximum atomic E-state index is 12.6. The molecule has 2 N–H and O–H groups in total. The number of hydrogen-bond donors (Lipinski definition) is 2. The quantitative estimate of drug-likeness (QED) is 0.541. The Morgan fingerprint density at radius 2 is 1.55 bits per heavy atom. The van der Waals surface area contributed by atoms with Gasteiger partial charge in [0.25, 0.3) is 11.8 Å². The van der Waals surface area contributed by atoms with Gasteiger partial charge in [-0.05, 0) is 55.8 Å². The van der Waals surface area contributed by atoms with Crippen molar-refractivity contribution in [3.8, 4) is 5.75 Å². The lowest BCUT2D eigenvalue weighted by Crippen LogP contribution is -2.26. The highest BCUT2D eigenvalue weighted by atomic mass is 16.5. The van der Waals surface area contributed by atoms with Crippen LogP contribution in [0.5, 0.6) is 5.75 Å². The van der Waals surface area contributed by atoms with Crippen molar-refractivity contribution in [2.45, 2.75) is 20.4 Å². The summed E-state index contributed by atoms with van der Waals surface area (Å²) < 4.78 is 5.47. The van der Waals surface area contributed by atoms with Gasteiger partial charge in [0.05, 0.1) is 11.3 Å². The smallest absolute Gasteiger partial charge is 0.262 e. The third-order valence-electron chi connectivity index (χ3n) is 4.65. The molecular formula is C25H24N2O4. The minimum atomic E-state index is -0.394. The largest absolute Gasteiger partial charge is 0.484 e. The Morgan fingerprint density at radius 1 is 0.871 bits per heavy atom. The van der Waals surface area contributed by atoms with E-state index in [1.807, 2.05) is 31.2 Å². The molecule has 6 nitrogen and oxygen atoms in total. The van der Waals surface area contributed by atoms with Crippen LogP contribution < -0.4 is 15.4 Å². The summed E-state index contributed by atoms with van der Waals surface area (Å²) in [5, 5.41) is 5.59. The molecule has 3 aromatic rings. The van der Waals surface area contributed by atoms with E-state index in [0.717, 1.165) is 11.1 Å². The number of ether oxygens (including phenoxy) is 1. The van der Waals surface area contributed by atoms with E-state index in [2.05, 4.69) is 10.6 Å². The average Bonchev–Trinajstić information content (AvgIpc) is 2.78. The third-order valence-corrected chi connectivity index (χ3v) is 4.65. The molecule has 0 aromatic heterocycles. The van der Waals surface area contributed by atoms with Gasteiger partial charge >= 0.3 is 0 Å². The van der Waals surface area contributed by atoms with Crippen molar-refractivity contribution in [2.24, 2.45) is 0 Å². The van der Waals surface area contributed by atoms with Crippen LogP contribution in [0.15, 0.2) is 72.8 Å². The summed E-state index contributed by atoms with van der Waals surface area (Å²) in [5.41, 5.74) is 3.49. The van der Waals surface area contributed by atoms with E-state index in [1.165, 1.54) is 6.92 Å². The van der Waals surface area contributed by atoms with E-state index < -0.39 is 5.91 Å². The van der Waals surface area contributed by atoms with Gasteiger partial charge in [-0.15, -0.1) is 0 Å². The fraction of sp³-hybridized carbons (Fsp3) is 0.160. The van der Waals surface area contributed by atoms with Crippen molar-refractivity contribution in [1.29, 1.82) is 0 Å². The summed E-state index contributed by atoms with van der Waals surface area (Å²) in [4.78, 5) is 36.3. The van der Waals surface area contributed by atoms with Crippen LogP contribution in [0.2, 0.25) is 0 Å². The standard InChI is InChI=1S/C25H24N2O4/c1-17-7-9-19(10-8-17)15-26-25(30)22-5-3-4-6-23(22)27-24(29)16-31-21-13-11-20(12-14-21)18(2)28/h3-14H,15-16H2,1-2H3,(H,26,30)(H,27,29). The Hall–Kier alpha value is -3.93. The molecule has 0 atom stereocenters. The lowest BCUT2D eigenvalue weighted by atomic mass is 10.1. The molecule has 0 unspecified atom stereocenters. The minimum Gasteiger partial charge on any atom is -0.484 e. The second kappa shape index (κ2) is 10.2. The summed E-state index contributed by atoms with van der Waals surface area (Å²) in [6.07, 6.45) is 0. The average molecular weight is 416 g/mol. The molecule has 0 aliphatic carbocycles. The number of ketones is 1. The molecule has 0 heterocycles. The van der Waals surface area contributed by atoms with Crippen LogP contribution >= 0.6 is 0 Å². The second-order valence-electron chi connectivity index (χ2n) is 7.13. The number of carbonyl (C=O) groups is 3. The lowest BCUT2D eigenvalue weighted by Gasteiger charge is -2.12. The molecule has 0 spiro atoms. The number of nitrogens with one attached hydrogen (secondary N) is 2. The second-order valence-corrected chi connectivity index (χ2v) is 7.13. The summed E-state index contributed by atoms with van der Waals surface area (Å²) >= 11 is 0. The molecule has 6 heteroatoms. The molecule has 0 radical (unpaired) electrons. The van der Waals surface area contributed by atoms with Gasteiger partial charge in [-0.25, -0.2) is 0 Å². The number of Topliss-reactive ketones (excluding diaryl/α,β-unsaturated/α-hetero) is 1. The molecule has 0 fully saturated rings. The van der Waals surface area contributed by atoms with E-state index in [9.17, 15) is 14.4 Å². The number of rotatable bonds is 8. The molecular weight excluding hydrogens is 392 g/mol. The molecule has 3 rings (SSSR count). The fourth-order valence-corrected chi connectivity index (χ4v) is 2.89. The third kappa shape index (κ3) is 6.27. The van der Waals surface area contributed by atoms with Crippen LogP contribution in [-0.4, -0.2) is 24.2 Å². The van der Waals surface area contributed by atoms with Gasteiger partial charge in [0.2, 0.25) is 0 Å². The van der Waals surface area contributed by atoms with Crippen LogP contribution in [0.4, 0.5) is 5.69 Å².